The van der Waals surface area contributed by atoms with Crippen molar-refractivity contribution in [2.75, 3.05) is 14.2 Å². The second-order valence-electron chi connectivity index (χ2n) is 2.26. The zero-order valence-electron chi connectivity index (χ0n) is 8.03. The van der Waals surface area contributed by atoms with Crippen molar-refractivity contribution in [3.63, 3.8) is 0 Å². The fourth-order valence-electron chi connectivity index (χ4n) is 0.457. The first-order valence-electron chi connectivity index (χ1n) is 3.76. The van der Waals surface area contributed by atoms with Gasteiger partial charge in [-0.2, -0.15) is 0 Å². The molecule has 70 valence electrons. The molecule has 4 heteroatoms. The van der Waals surface area contributed by atoms with Gasteiger partial charge in [0.2, 0.25) is 0 Å². The summed E-state index contributed by atoms with van der Waals surface area (Å²) < 4.78 is 9.63. The number of aryl methyl sites for hydroxylation is 1. The molecule has 1 aromatic heterocycles. The second kappa shape index (κ2) is 7.48. The van der Waals surface area contributed by atoms with E-state index in [1.54, 1.807) is 25.6 Å². The molecule has 0 saturated heterocycles. The lowest BCUT2D eigenvalue weighted by atomic mass is 10.5. The highest BCUT2D eigenvalue weighted by Crippen LogP contribution is 2.03. The van der Waals surface area contributed by atoms with Gasteiger partial charge in [-0.15, -0.1) is 11.3 Å². The Kier molecular flexibility index (Phi) is 7.38. The predicted octanol–water partition coefficient (Wildman–Crippen LogP) is 2.19. The SMILES string of the molecule is CO[SiH](C)OC.Cc1cccs1. The molecule has 0 radical (unpaired) electrons. The highest BCUT2D eigenvalue weighted by Gasteiger charge is 1.94. The molecule has 0 bridgehead atoms. The largest absolute Gasteiger partial charge is 0.400 e. The van der Waals surface area contributed by atoms with Crippen molar-refractivity contribution in [1.82, 2.24) is 0 Å². The van der Waals surface area contributed by atoms with Gasteiger partial charge in [0.15, 0.2) is 0 Å². The van der Waals surface area contributed by atoms with Crippen LogP contribution in [0.5, 0.6) is 0 Å². The van der Waals surface area contributed by atoms with Gasteiger partial charge in [-0.1, -0.05) is 6.07 Å². The lowest BCUT2D eigenvalue weighted by molar-refractivity contribution is 0.285. The molecular weight excluding hydrogens is 188 g/mol. The Balaban J connectivity index is 0.000000202. The van der Waals surface area contributed by atoms with E-state index >= 15 is 0 Å². The molecule has 0 aliphatic heterocycles. The summed E-state index contributed by atoms with van der Waals surface area (Å²) in [6.45, 7) is 4.07. The van der Waals surface area contributed by atoms with Gasteiger partial charge < -0.3 is 8.85 Å². The van der Waals surface area contributed by atoms with Gasteiger partial charge in [0.1, 0.15) is 0 Å². The summed E-state index contributed by atoms with van der Waals surface area (Å²) >= 11 is 1.78. The fraction of sp³-hybridized carbons (Fsp3) is 0.500. The Hall–Kier alpha value is -0.163. The summed E-state index contributed by atoms with van der Waals surface area (Å²) in [5, 5.41) is 2.08. The van der Waals surface area contributed by atoms with Gasteiger partial charge >= 0.3 is 9.28 Å². The molecule has 0 fully saturated rings. The molecule has 0 aliphatic rings. The average Bonchev–Trinajstić information content (AvgIpc) is 2.55. The Morgan fingerprint density at radius 3 is 2.00 bits per heavy atom. The molecule has 1 aromatic rings. The third-order valence-electron chi connectivity index (χ3n) is 1.33. The summed E-state index contributed by atoms with van der Waals surface area (Å²) in [5.74, 6) is 0. The molecule has 0 aromatic carbocycles. The van der Waals surface area contributed by atoms with Crippen LogP contribution in [-0.2, 0) is 8.85 Å². The first-order chi connectivity index (χ1) is 5.70. The second-order valence-corrected chi connectivity index (χ2v) is 5.49. The van der Waals surface area contributed by atoms with Gasteiger partial charge in [-0.3, -0.25) is 0 Å². The molecule has 0 N–H and O–H groups in total. The van der Waals surface area contributed by atoms with Crippen LogP contribution in [0.15, 0.2) is 17.5 Å². The van der Waals surface area contributed by atoms with Crippen LogP contribution in [0.25, 0.3) is 0 Å². The lowest BCUT2D eigenvalue weighted by Gasteiger charge is -2.00. The number of hydrogen-bond acceptors (Lipinski definition) is 3. The molecule has 2 nitrogen and oxygen atoms in total. The minimum atomic E-state index is -1.16. The molecule has 0 unspecified atom stereocenters. The normalized spacial score (nSPS) is 9.42. The van der Waals surface area contributed by atoms with Crippen LogP contribution in [0.1, 0.15) is 4.88 Å². The van der Waals surface area contributed by atoms with Crippen LogP contribution < -0.4 is 0 Å². The number of hydrogen-bond donors (Lipinski definition) is 0. The highest BCUT2D eigenvalue weighted by molar-refractivity contribution is 7.09. The zero-order valence-corrected chi connectivity index (χ0v) is 10.0. The van der Waals surface area contributed by atoms with Crippen LogP contribution >= 0.6 is 11.3 Å². The van der Waals surface area contributed by atoms with Crippen LogP contribution in [0.3, 0.4) is 0 Å². The Labute approximate surface area is 80.0 Å². The van der Waals surface area contributed by atoms with Crippen molar-refractivity contribution in [1.29, 1.82) is 0 Å². The van der Waals surface area contributed by atoms with Crippen LogP contribution in [0.2, 0.25) is 6.55 Å². The molecular formula is C8H16O2SSi. The first-order valence-corrected chi connectivity index (χ1v) is 6.74. The average molecular weight is 204 g/mol. The standard InChI is InChI=1S/C5H6S.C3H10O2Si/c1-5-3-2-4-6-5;1-4-6(3)5-2/h2-4H,1H3;6H,1-3H3. The van der Waals surface area contributed by atoms with Crippen molar-refractivity contribution >= 4 is 20.6 Å². The summed E-state index contributed by atoms with van der Waals surface area (Å²) in [7, 11) is 2.17. The van der Waals surface area contributed by atoms with Crippen molar-refractivity contribution in [2.45, 2.75) is 13.5 Å². The van der Waals surface area contributed by atoms with Gasteiger partial charge in [0, 0.05) is 19.1 Å². The Morgan fingerprint density at radius 2 is 1.92 bits per heavy atom. The predicted molar refractivity (Wildman–Crippen MR) is 56.1 cm³/mol. The maximum atomic E-state index is 4.82. The fourth-order valence-corrected chi connectivity index (χ4v) is 1.18. The lowest BCUT2D eigenvalue weighted by Crippen LogP contribution is -2.12. The quantitative estimate of drug-likeness (QED) is 0.688. The molecule has 1 heterocycles. The number of thiophene rings is 1. The molecule has 0 aliphatic carbocycles. The van der Waals surface area contributed by atoms with Crippen molar-refractivity contribution in [3.05, 3.63) is 22.4 Å². The van der Waals surface area contributed by atoms with Crippen molar-refractivity contribution < 1.29 is 8.85 Å². The summed E-state index contributed by atoms with van der Waals surface area (Å²) in [6.07, 6.45) is 0. The van der Waals surface area contributed by atoms with Crippen molar-refractivity contribution in [3.8, 4) is 0 Å². The summed E-state index contributed by atoms with van der Waals surface area (Å²) in [4.78, 5) is 1.38. The topological polar surface area (TPSA) is 18.5 Å². The molecule has 0 saturated carbocycles. The molecule has 0 spiro atoms. The molecule has 0 amide bonds. The van der Waals surface area contributed by atoms with E-state index in [9.17, 15) is 0 Å². The smallest absolute Gasteiger partial charge is 0.317 e. The van der Waals surface area contributed by atoms with E-state index < -0.39 is 9.28 Å². The summed E-state index contributed by atoms with van der Waals surface area (Å²) in [6, 6.07) is 4.16. The molecule has 1 rings (SSSR count). The van der Waals surface area contributed by atoms with E-state index in [0.29, 0.717) is 0 Å². The van der Waals surface area contributed by atoms with E-state index in [1.807, 2.05) is 6.55 Å². The van der Waals surface area contributed by atoms with Crippen LogP contribution in [-0.4, -0.2) is 23.5 Å². The van der Waals surface area contributed by atoms with Crippen LogP contribution in [0.4, 0.5) is 0 Å². The first kappa shape index (κ1) is 11.8. The monoisotopic (exact) mass is 204 g/mol. The highest BCUT2D eigenvalue weighted by atomic mass is 32.1. The van der Waals surface area contributed by atoms with E-state index in [2.05, 4.69) is 24.4 Å². The van der Waals surface area contributed by atoms with E-state index in [0.717, 1.165) is 0 Å². The Bertz CT molecular complexity index is 173. The molecule has 0 atom stereocenters. The zero-order chi connectivity index (χ0) is 9.40. The van der Waals surface area contributed by atoms with E-state index in [1.165, 1.54) is 4.88 Å². The Morgan fingerprint density at radius 1 is 1.33 bits per heavy atom. The van der Waals surface area contributed by atoms with E-state index in [4.69, 9.17) is 8.85 Å². The summed E-state index contributed by atoms with van der Waals surface area (Å²) in [5.41, 5.74) is 0. The van der Waals surface area contributed by atoms with Gasteiger partial charge in [0.25, 0.3) is 0 Å². The van der Waals surface area contributed by atoms with Gasteiger partial charge in [-0.05, 0) is 24.9 Å². The van der Waals surface area contributed by atoms with Crippen molar-refractivity contribution in [2.24, 2.45) is 0 Å². The number of rotatable bonds is 2. The third kappa shape index (κ3) is 6.54. The van der Waals surface area contributed by atoms with Gasteiger partial charge in [-0.25, -0.2) is 0 Å². The van der Waals surface area contributed by atoms with E-state index in [-0.39, 0.29) is 0 Å². The maximum absolute atomic E-state index is 4.82. The molecule has 12 heavy (non-hydrogen) atoms. The minimum absolute atomic E-state index is 1.16. The maximum Gasteiger partial charge on any atom is 0.317 e. The minimum Gasteiger partial charge on any atom is -0.400 e. The van der Waals surface area contributed by atoms with Gasteiger partial charge in [0.05, 0.1) is 0 Å². The third-order valence-corrected chi connectivity index (χ3v) is 3.46. The van der Waals surface area contributed by atoms with Crippen LogP contribution in [0, 0.1) is 6.92 Å².